The van der Waals surface area contributed by atoms with Gasteiger partial charge in [-0.25, -0.2) is 19.0 Å². The van der Waals surface area contributed by atoms with Crippen LogP contribution >= 0.6 is 23.1 Å². The smallest absolute Gasteiger partial charge is 0.236 e. The summed E-state index contributed by atoms with van der Waals surface area (Å²) in [5, 5.41) is 22.5. The van der Waals surface area contributed by atoms with Crippen LogP contribution in [-0.2, 0) is 11.2 Å². The van der Waals surface area contributed by atoms with Crippen LogP contribution in [0, 0.1) is 17.1 Å². The van der Waals surface area contributed by atoms with Gasteiger partial charge in [0.15, 0.2) is 16.1 Å². The highest BCUT2D eigenvalue weighted by Crippen LogP contribution is 2.40. The molecule has 0 saturated carbocycles. The third-order valence-electron chi connectivity index (χ3n) is 8.14. The van der Waals surface area contributed by atoms with E-state index in [-0.39, 0.29) is 29.1 Å². The van der Waals surface area contributed by atoms with Crippen molar-refractivity contribution in [2.45, 2.75) is 49.0 Å². The van der Waals surface area contributed by atoms with Gasteiger partial charge in [0.1, 0.15) is 11.3 Å². The molecule has 2 saturated heterocycles. The summed E-state index contributed by atoms with van der Waals surface area (Å²) < 4.78 is 15.7. The molecule has 3 aromatic rings. The molecule has 0 radical (unpaired) electrons. The molecule has 2 N–H and O–H groups in total. The van der Waals surface area contributed by atoms with Crippen molar-refractivity contribution < 1.29 is 14.3 Å². The number of rotatable bonds is 8. The number of piperidine rings is 1. The number of thiazole rings is 1. The first-order chi connectivity index (χ1) is 20.2. The molecule has 3 aliphatic rings. The van der Waals surface area contributed by atoms with Crippen molar-refractivity contribution in [3.63, 3.8) is 0 Å². The number of hydrogen-bond acceptors (Lipinski definition) is 11. The van der Waals surface area contributed by atoms with Gasteiger partial charge >= 0.3 is 0 Å². The number of aromatic nitrogens is 3. The minimum absolute atomic E-state index is 0.00671. The molecule has 0 bridgehead atoms. The van der Waals surface area contributed by atoms with E-state index in [2.05, 4.69) is 28.2 Å². The van der Waals surface area contributed by atoms with Crippen molar-refractivity contribution >= 4 is 40.0 Å². The maximum Gasteiger partial charge on any atom is 0.236 e. The van der Waals surface area contributed by atoms with Crippen LogP contribution < -0.4 is 10.3 Å². The number of aryl methyl sites for hydroxylation is 1. The van der Waals surface area contributed by atoms with Gasteiger partial charge in [-0.15, -0.1) is 11.3 Å². The Kier molecular flexibility index (Phi) is 8.12. The minimum atomic E-state index is -0.448. The molecule has 1 aromatic carbocycles. The van der Waals surface area contributed by atoms with Crippen molar-refractivity contribution in [2.24, 2.45) is 0 Å². The fourth-order valence-corrected chi connectivity index (χ4v) is 7.62. The van der Waals surface area contributed by atoms with Crippen LogP contribution in [0.25, 0.3) is 11.3 Å². The predicted octanol–water partition coefficient (Wildman–Crippen LogP) is 2.88. The van der Waals surface area contributed by atoms with Crippen LogP contribution in [-0.4, -0.2) is 105 Å². The van der Waals surface area contributed by atoms with Gasteiger partial charge in [0.2, 0.25) is 5.91 Å². The van der Waals surface area contributed by atoms with Gasteiger partial charge < -0.3 is 14.9 Å². The van der Waals surface area contributed by atoms with Gasteiger partial charge in [-0.2, -0.15) is 5.26 Å². The summed E-state index contributed by atoms with van der Waals surface area (Å²) in [6, 6.07) is 6.50. The topological polar surface area (TPSA) is 117 Å². The van der Waals surface area contributed by atoms with Crippen molar-refractivity contribution in [3.8, 4) is 17.3 Å². The molecule has 2 unspecified atom stereocenters. The second-order valence-corrected chi connectivity index (χ2v) is 12.9. The summed E-state index contributed by atoms with van der Waals surface area (Å²) in [6.07, 6.45) is 2.44. The van der Waals surface area contributed by atoms with Crippen LogP contribution in [0.2, 0.25) is 0 Å². The Hall–Kier alpha value is -3.22. The number of fused-ring (bicyclic) bond motifs is 1. The lowest BCUT2D eigenvalue weighted by Crippen LogP contribution is -2.57. The van der Waals surface area contributed by atoms with Crippen molar-refractivity contribution in [3.05, 3.63) is 40.7 Å². The maximum atomic E-state index is 13.7. The zero-order valence-corrected chi connectivity index (χ0v) is 25.5. The lowest BCUT2D eigenvalue weighted by atomic mass is 10.0. The van der Waals surface area contributed by atoms with Gasteiger partial charge in [-0.1, -0.05) is 6.92 Å². The highest BCUT2D eigenvalue weighted by Gasteiger charge is 2.37. The molecule has 0 aliphatic carbocycles. The number of carbonyl (C=O) groups excluding carboxylic acids is 1. The van der Waals surface area contributed by atoms with Crippen LogP contribution in [0.4, 0.5) is 15.3 Å². The molecular formula is C28H34FN9O2S2. The van der Waals surface area contributed by atoms with E-state index in [4.69, 9.17) is 9.97 Å². The van der Waals surface area contributed by atoms with E-state index in [9.17, 15) is 19.6 Å². The number of halogens is 1. The van der Waals surface area contributed by atoms with E-state index in [1.807, 2.05) is 29.1 Å². The second-order valence-electron chi connectivity index (χ2n) is 11.0. The zero-order valence-electron chi connectivity index (χ0n) is 23.8. The Balaban J connectivity index is 1.15. The van der Waals surface area contributed by atoms with E-state index in [0.29, 0.717) is 30.9 Å². The first-order valence-corrected chi connectivity index (χ1v) is 15.9. The number of carbonyl (C=O) groups is 1. The molecule has 14 heteroatoms. The number of anilines is 2. The van der Waals surface area contributed by atoms with Crippen LogP contribution in [0.3, 0.4) is 0 Å². The fourth-order valence-electron chi connectivity index (χ4n) is 5.73. The number of hydrogen-bond donors (Lipinski definition) is 2. The van der Waals surface area contributed by atoms with E-state index in [1.54, 1.807) is 22.7 Å². The van der Waals surface area contributed by atoms with E-state index >= 15 is 0 Å². The molecule has 5 heterocycles. The minimum Gasteiger partial charge on any atom is -0.389 e. The molecule has 11 nitrogen and oxygen atoms in total. The monoisotopic (exact) mass is 611 g/mol. The van der Waals surface area contributed by atoms with Crippen molar-refractivity contribution in [2.75, 3.05) is 57.1 Å². The number of nitrogens with one attached hydrogen (secondary N) is 1. The normalized spacial score (nSPS) is 20.7. The summed E-state index contributed by atoms with van der Waals surface area (Å²) in [5.74, 6) is 0.536. The molecule has 1 amide bonds. The van der Waals surface area contributed by atoms with Gasteiger partial charge in [0.25, 0.3) is 0 Å². The molecule has 42 heavy (non-hydrogen) atoms. The number of aliphatic hydroxyl groups excluding tert-OH is 1. The van der Waals surface area contributed by atoms with Crippen LogP contribution in [0.5, 0.6) is 0 Å². The molecule has 2 aromatic heterocycles. The van der Waals surface area contributed by atoms with Crippen molar-refractivity contribution in [1.29, 1.82) is 5.26 Å². The number of thioether (sulfide) groups is 1. The highest BCUT2D eigenvalue weighted by molar-refractivity contribution is 8.00. The van der Waals surface area contributed by atoms with Gasteiger partial charge in [0, 0.05) is 50.2 Å². The quantitative estimate of drug-likeness (QED) is 0.394. The molecular weight excluding hydrogens is 578 g/mol. The second kappa shape index (κ2) is 11.8. The average molecular weight is 612 g/mol. The standard InChI is InChI=1S/C28H34FN9O2S2/c1-4-22-25(35(3)26-32-23(16-41-26)21-8-7-18(29)10-17(21)11-30)38-27(31-22)42-28(33-38)36-9-5-6-19(12-36)34(2)15-24(40)37-13-20(39)14-37/h7-8,10,16,19-20,28,33,39H,4-6,9,12-15H2,1-3H3. The number of amides is 1. The maximum absolute atomic E-state index is 13.7. The van der Waals surface area contributed by atoms with Crippen molar-refractivity contribution in [1.82, 2.24) is 29.3 Å². The Labute approximate surface area is 252 Å². The molecule has 3 aliphatic heterocycles. The molecule has 2 atom stereocenters. The van der Waals surface area contributed by atoms with Gasteiger partial charge in [-0.3, -0.25) is 20.0 Å². The Bertz CT molecular complexity index is 1520. The first kappa shape index (κ1) is 28.9. The lowest BCUT2D eigenvalue weighted by molar-refractivity contribution is -0.142. The van der Waals surface area contributed by atoms with E-state index < -0.39 is 5.82 Å². The van der Waals surface area contributed by atoms with Crippen LogP contribution in [0.15, 0.2) is 28.7 Å². The fraction of sp³-hybridized carbons (Fsp3) is 0.500. The largest absolute Gasteiger partial charge is 0.389 e. The number of benzene rings is 1. The molecule has 222 valence electrons. The van der Waals surface area contributed by atoms with Gasteiger partial charge in [-0.05, 0) is 56.3 Å². The summed E-state index contributed by atoms with van der Waals surface area (Å²) in [5.41, 5.74) is 6.10. The third-order valence-corrected chi connectivity index (χ3v) is 10.2. The summed E-state index contributed by atoms with van der Waals surface area (Å²) >= 11 is 3.15. The number of likely N-dealkylation sites (tertiary alicyclic amines) is 2. The summed E-state index contributed by atoms with van der Waals surface area (Å²) in [6.45, 7) is 5.09. The molecule has 6 rings (SSSR count). The Morgan fingerprint density at radius 1 is 1.29 bits per heavy atom. The third kappa shape index (κ3) is 5.47. The van der Waals surface area contributed by atoms with Crippen LogP contribution in [0.1, 0.15) is 31.0 Å². The first-order valence-electron chi connectivity index (χ1n) is 14.1. The summed E-state index contributed by atoms with van der Waals surface area (Å²) in [4.78, 5) is 30.6. The number of aliphatic hydroxyl groups is 1. The Morgan fingerprint density at radius 3 is 2.83 bits per heavy atom. The summed E-state index contributed by atoms with van der Waals surface area (Å²) in [7, 11) is 3.97. The van der Waals surface area contributed by atoms with E-state index in [0.717, 1.165) is 54.2 Å². The number of imidazole rings is 1. The lowest BCUT2D eigenvalue weighted by Gasteiger charge is -2.41. The molecule has 0 spiro atoms. The van der Waals surface area contributed by atoms with Gasteiger partial charge in [0.05, 0.1) is 35.7 Å². The zero-order chi connectivity index (χ0) is 29.5. The molecule has 2 fully saturated rings. The highest BCUT2D eigenvalue weighted by atomic mass is 32.2. The number of nitriles is 1. The predicted molar refractivity (Wildman–Crippen MR) is 161 cm³/mol. The SMILES string of the molecule is CCc1nc2n(c1N(C)c1nc(-c3ccc(F)cc3C#N)cs1)NC(N1CCCC(N(C)CC(=O)N3CC(O)C3)C1)S2. The average Bonchev–Trinajstić information content (AvgIpc) is 3.70. The number of nitrogens with zero attached hydrogens (tertiary/aromatic N) is 8. The number of β-amino-alcohol motifs (C(OH)–C–C–N with tert-alkyl or cyclic N) is 1. The van der Waals surface area contributed by atoms with E-state index in [1.165, 1.54) is 23.5 Å². The number of likely N-dealkylation sites (N-methyl/N-ethyl adjacent to an activating group) is 1. The Morgan fingerprint density at radius 2 is 2.10 bits per heavy atom.